The number of hydrazine groups is 1. The van der Waals surface area contributed by atoms with Crippen LogP contribution in [0.3, 0.4) is 0 Å². The van der Waals surface area contributed by atoms with Crippen LogP contribution in [0.25, 0.3) is 0 Å². The Hall–Kier alpha value is -0.650. The monoisotopic (exact) mass is 213 g/mol. The predicted molar refractivity (Wildman–Crippen MR) is 56.4 cm³/mol. The molecule has 0 aromatic heterocycles. The normalized spacial score (nSPS) is 26.1. The number of aliphatic carboxylic acids is 1. The van der Waals surface area contributed by atoms with Crippen molar-refractivity contribution >= 4 is 5.97 Å². The minimum absolute atomic E-state index is 0.198. The quantitative estimate of drug-likeness (QED) is 0.688. The highest BCUT2D eigenvalue weighted by atomic mass is 16.4. The van der Waals surface area contributed by atoms with Gasteiger partial charge in [-0.2, -0.15) is 0 Å². The zero-order chi connectivity index (χ0) is 11.1. The van der Waals surface area contributed by atoms with Crippen molar-refractivity contribution in [3.63, 3.8) is 0 Å². The Morgan fingerprint density at radius 1 is 1.40 bits per heavy atom. The molecule has 0 bridgehead atoms. The summed E-state index contributed by atoms with van der Waals surface area (Å²) in [6.45, 7) is 4.28. The van der Waals surface area contributed by atoms with Gasteiger partial charge < -0.3 is 5.11 Å². The number of carboxylic acids is 1. The molecule has 2 rings (SSSR count). The van der Waals surface area contributed by atoms with E-state index in [0.29, 0.717) is 5.41 Å². The van der Waals surface area contributed by atoms with Crippen molar-refractivity contribution in [1.82, 2.24) is 14.9 Å². The Balaban J connectivity index is 1.81. The standard InChI is InChI=1S/C10H19N3O2/c1-11(2)13-4-3-10(8-13)6-12(7-10)5-9(14)15/h3-8H2,1-2H3,(H,14,15). The molecule has 1 N–H and O–H groups in total. The summed E-state index contributed by atoms with van der Waals surface area (Å²) in [5.41, 5.74) is 0.375. The summed E-state index contributed by atoms with van der Waals surface area (Å²) in [6, 6.07) is 0. The second-order valence-corrected chi connectivity index (χ2v) is 5.02. The summed E-state index contributed by atoms with van der Waals surface area (Å²) in [7, 11) is 4.12. The first kappa shape index (κ1) is 10.9. The van der Waals surface area contributed by atoms with Gasteiger partial charge in [-0.3, -0.25) is 9.69 Å². The van der Waals surface area contributed by atoms with Crippen molar-refractivity contribution in [3.8, 4) is 0 Å². The first-order valence-corrected chi connectivity index (χ1v) is 5.37. The predicted octanol–water partition coefficient (Wildman–Crippen LogP) is -0.445. The molecule has 5 heteroatoms. The average molecular weight is 213 g/mol. The molecular formula is C10H19N3O2. The van der Waals surface area contributed by atoms with E-state index in [-0.39, 0.29) is 6.54 Å². The average Bonchev–Trinajstić information content (AvgIpc) is 2.47. The molecule has 86 valence electrons. The Labute approximate surface area is 90.2 Å². The number of hydrogen-bond acceptors (Lipinski definition) is 4. The fourth-order valence-electron chi connectivity index (χ4n) is 2.72. The van der Waals surface area contributed by atoms with Crippen LogP contribution in [0, 0.1) is 5.41 Å². The van der Waals surface area contributed by atoms with Crippen molar-refractivity contribution < 1.29 is 9.90 Å². The molecule has 0 amide bonds. The lowest BCUT2D eigenvalue weighted by Gasteiger charge is -2.47. The molecule has 0 aliphatic carbocycles. The van der Waals surface area contributed by atoms with Crippen LogP contribution in [0.5, 0.6) is 0 Å². The Morgan fingerprint density at radius 2 is 2.07 bits per heavy atom. The number of likely N-dealkylation sites (tertiary alicyclic amines) is 1. The van der Waals surface area contributed by atoms with Crippen LogP contribution in [0.2, 0.25) is 0 Å². The minimum Gasteiger partial charge on any atom is -0.480 e. The summed E-state index contributed by atoms with van der Waals surface area (Å²) in [4.78, 5) is 12.5. The lowest BCUT2D eigenvalue weighted by Crippen LogP contribution is -2.59. The van der Waals surface area contributed by atoms with Crippen LogP contribution in [-0.2, 0) is 4.79 Å². The SMILES string of the molecule is CN(C)N1CCC2(CN(CC(=O)O)C2)C1. The van der Waals surface area contributed by atoms with E-state index < -0.39 is 5.97 Å². The van der Waals surface area contributed by atoms with E-state index in [1.54, 1.807) is 0 Å². The van der Waals surface area contributed by atoms with Crippen LogP contribution in [0.1, 0.15) is 6.42 Å². The molecule has 1 spiro atoms. The van der Waals surface area contributed by atoms with Gasteiger partial charge in [0.05, 0.1) is 6.54 Å². The van der Waals surface area contributed by atoms with Crippen molar-refractivity contribution in [2.45, 2.75) is 6.42 Å². The second kappa shape index (κ2) is 3.73. The molecule has 2 aliphatic heterocycles. The maximum absolute atomic E-state index is 10.5. The Morgan fingerprint density at radius 3 is 2.53 bits per heavy atom. The van der Waals surface area contributed by atoms with Gasteiger partial charge in [-0.05, 0) is 6.42 Å². The zero-order valence-electron chi connectivity index (χ0n) is 9.44. The first-order chi connectivity index (χ1) is 7.01. The van der Waals surface area contributed by atoms with Gasteiger partial charge in [-0.15, -0.1) is 0 Å². The van der Waals surface area contributed by atoms with Crippen LogP contribution < -0.4 is 0 Å². The number of hydrogen-bond donors (Lipinski definition) is 1. The number of carbonyl (C=O) groups is 1. The van der Waals surface area contributed by atoms with E-state index in [1.165, 1.54) is 6.42 Å². The van der Waals surface area contributed by atoms with Crippen molar-refractivity contribution in [2.24, 2.45) is 5.41 Å². The number of nitrogens with zero attached hydrogens (tertiary/aromatic N) is 3. The van der Waals surface area contributed by atoms with Crippen LogP contribution in [0.4, 0.5) is 0 Å². The molecule has 0 radical (unpaired) electrons. The van der Waals surface area contributed by atoms with Crippen LogP contribution >= 0.6 is 0 Å². The van der Waals surface area contributed by atoms with Gasteiger partial charge in [0, 0.05) is 45.7 Å². The lowest BCUT2D eigenvalue weighted by atomic mass is 9.79. The van der Waals surface area contributed by atoms with Gasteiger partial charge in [-0.25, -0.2) is 10.0 Å². The molecule has 2 aliphatic rings. The second-order valence-electron chi connectivity index (χ2n) is 5.02. The minimum atomic E-state index is -0.715. The fraction of sp³-hybridized carbons (Fsp3) is 0.900. The highest BCUT2D eigenvalue weighted by Gasteiger charge is 2.48. The van der Waals surface area contributed by atoms with Crippen molar-refractivity contribution in [2.75, 3.05) is 46.8 Å². The smallest absolute Gasteiger partial charge is 0.317 e. The number of carboxylic acid groups (broad SMARTS) is 1. The Kier molecular flexibility index (Phi) is 2.70. The molecule has 0 aromatic rings. The van der Waals surface area contributed by atoms with Gasteiger partial charge in [-0.1, -0.05) is 0 Å². The van der Waals surface area contributed by atoms with Gasteiger partial charge in [0.25, 0.3) is 0 Å². The van der Waals surface area contributed by atoms with E-state index in [1.807, 2.05) is 4.90 Å². The topological polar surface area (TPSA) is 47.0 Å². The largest absolute Gasteiger partial charge is 0.480 e. The number of rotatable bonds is 3. The Bertz CT molecular complexity index is 261. The van der Waals surface area contributed by atoms with Crippen molar-refractivity contribution in [1.29, 1.82) is 0 Å². The molecular weight excluding hydrogens is 194 g/mol. The lowest BCUT2D eigenvalue weighted by molar-refractivity contribution is -0.141. The molecule has 5 nitrogen and oxygen atoms in total. The molecule has 0 aromatic carbocycles. The summed E-state index contributed by atoms with van der Waals surface area (Å²) in [5, 5.41) is 13.1. The molecule has 0 saturated carbocycles. The van der Waals surface area contributed by atoms with Gasteiger partial charge >= 0.3 is 5.97 Å². The van der Waals surface area contributed by atoms with Crippen molar-refractivity contribution in [3.05, 3.63) is 0 Å². The van der Waals surface area contributed by atoms with E-state index in [9.17, 15) is 4.79 Å². The summed E-state index contributed by atoms with van der Waals surface area (Å²) in [6.07, 6.45) is 1.20. The molecule has 0 atom stereocenters. The van der Waals surface area contributed by atoms with E-state index >= 15 is 0 Å². The van der Waals surface area contributed by atoms with Gasteiger partial charge in [0.15, 0.2) is 0 Å². The highest BCUT2D eigenvalue weighted by Crippen LogP contribution is 2.39. The van der Waals surface area contributed by atoms with E-state index in [0.717, 1.165) is 26.2 Å². The molecule has 15 heavy (non-hydrogen) atoms. The zero-order valence-corrected chi connectivity index (χ0v) is 9.44. The molecule has 2 heterocycles. The van der Waals surface area contributed by atoms with Crippen LogP contribution in [-0.4, -0.2) is 72.8 Å². The molecule has 0 unspecified atom stereocenters. The fourth-order valence-corrected chi connectivity index (χ4v) is 2.72. The van der Waals surface area contributed by atoms with E-state index in [4.69, 9.17) is 5.11 Å². The molecule has 2 saturated heterocycles. The van der Waals surface area contributed by atoms with E-state index in [2.05, 4.69) is 24.1 Å². The maximum atomic E-state index is 10.5. The highest BCUT2D eigenvalue weighted by molar-refractivity contribution is 5.69. The third-order valence-electron chi connectivity index (χ3n) is 3.46. The summed E-state index contributed by atoms with van der Waals surface area (Å²) < 4.78 is 0. The maximum Gasteiger partial charge on any atom is 0.317 e. The third kappa shape index (κ3) is 2.14. The first-order valence-electron chi connectivity index (χ1n) is 5.37. The molecule has 2 fully saturated rings. The summed E-state index contributed by atoms with van der Waals surface area (Å²) >= 11 is 0. The van der Waals surface area contributed by atoms with Gasteiger partial charge in [0.2, 0.25) is 0 Å². The summed E-state index contributed by atoms with van der Waals surface area (Å²) in [5.74, 6) is -0.715. The third-order valence-corrected chi connectivity index (χ3v) is 3.46. The van der Waals surface area contributed by atoms with Crippen LogP contribution in [0.15, 0.2) is 0 Å². The van der Waals surface area contributed by atoms with Gasteiger partial charge in [0.1, 0.15) is 0 Å².